The van der Waals surface area contributed by atoms with E-state index in [1.54, 1.807) is 30.8 Å². The van der Waals surface area contributed by atoms with Gasteiger partial charge in [0.05, 0.1) is 4.91 Å². The van der Waals surface area contributed by atoms with E-state index < -0.39 is 0 Å². The Balaban J connectivity index is 2.72. The van der Waals surface area contributed by atoms with Gasteiger partial charge in [0, 0.05) is 6.08 Å². The summed E-state index contributed by atoms with van der Waals surface area (Å²) < 4.78 is 4.84. The van der Waals surface area contributed by atoms with Gasteiger partial charge in [0.25, 0.3) is 0 Å². The van der Waals surface area contributed by atoms with Crippen molar-refractivity contribution in [2.24, 2.45) is 0 Å². The largest absolute Gasteiger partial charge is 0.423 e. The molecule has 1 aliphatic rings. The Kier molecular flexibility index (Phi) is 4.09. The van der Waals surface area contributed by atoms with Crippen LogP contribution in [0.15, 0.2) is 35.0 Å². The number of carbonyl (C=O) groups excluding carboxylic acids is 1. The van der Waals surface area contributed by atoms with Crippen molar-refractivity contribution in [3.63, 3.8) is 0 Å². The maximum Gasteiger partial charge on any atom is 0.336 e. The Labute approximate surface area is 87.7 Å². The van der Waals surface area contributed by atoms with Gasteiger partial charge >= 0.3 is 5.97 Å². The van der Waals surface area contributed by atoms with E-state index >= 15 is 0 Å². The molecule has 1 aliphatic heterocycles. The lowest BCUT2D eigenvalue weighted by Gasteiger charge is -1.93. The van der Waals surface area contributed by atoms with Crippen LogP contribution in [-0.4, -0.2) is 12.2 Å². The number of carbonyl (C=O) groups is 1. The normalized spacial score (nSPS) is 18.0. The van der Waals surface area contributed by atoms with E-state index in [1.165, 1.54) is 6.08 Å². The summed E-state index contributed by atoms with van der Waals surface area (Å²) in [6.07, 6.45) is 8.54. The van der Waals surface area contributed by atoms with E-state index in [0.29, 0.717) is 5.76 Å². The molecule has 3 heteroatoms. The number of thioether (sulfide) groups is 1. The molecule has 0 spiro atoms. The first-order valence-corrected chi connectivity index (χ1v) is 5.27. The van der Waals surface area contributed by atoms with Crippen LogP contribution in [0.25, 0.3) is 0 Å². The Morgan fingerprint density at radius 3 is 2.86 bits per heavy atom. The molecule has 1 heterocycles. The van der Waals surface area contributed by atoms with Crippen molar-refractivity contribution in [1.82, 2.24) is 0 Å². The minimum atomic E-state index is -0.322. The van der Waals surface area contributed by atoms with Gasteiger partial charge in [-0.25, -0.2) is 4.79 Å². The zero-order chi connectivity index (χ0) is 10.4. The summed E-state index contributed by atoms with van der Waals surface area (Å²) >= 11 is 1.56. The highest BCUT2D eigenvalue weighted by molar-refractivity contribution is 8.02. The second-order valence-electron chi connectivity index (χ2n) is 2.43. The minimum Gasteiger partial charge on any atom is -0.423 e. The number of rotatable bonds is 2. The highest BCUT2D eigenvalue weighted by atomic mass is 32.2. The predicted octanol–water partition coefficient (Wildman–Crippen LogP) is 2.25. The molecule has 0 aromatic carbocycles. The van der Waals surface area contributed by atoms with Crippen molar-refractivity contribution >= 4 is 17.7 Å². The fraction of sp³-hybridized carbons (Fsp3) is 0.182. The first kappa shape index (κ1) is 10.7. The lowest BCUT2D eigenvalue weighted by molar-refractivity contribution is -0.132. The predicted molar refractivity (Wildman–Crippen MR) is 58.4 cm³/mol. The van der Waals surface area contributed by atoms with Crippen molar-refractivity contribution in [1.29, 1.82) is 0 Å². The SMILES string of the molecule is CC#C/C(=C/C=C1\C=CC(=O)O1)SC. The molecule has 0 fully saturated rings. The average molecular weight is 206 g/mol. The summed E-state index contributed by atoms with van der Waals surface area (Å²) in [6, 6.07) is 0. The molecule has 0 N–H and O–H groups in total. The van der Waals surface area contributed by atoms with Crippen molar-refractivity contribution in [2.45, 2.75) is 6.92 Å². The second-order valence-corrected chi connectivity index (χ2v) is 3.28. The van der Waals surface area contributed by atoms with E-state index in [-0.39, 0.29) is 5.97 Å². The highest BCUT2D eigenvalue weighted by Gasteiger charge is 2.07. The third-order valence-corrected chi connectivity index (χ3v) is 2.15. The Morgan fingerprint density at radius 1 is 1.57 bits per heavy atom. The Morgan fingerprint density at radius 2 is 2.36 bits per heavy atom. The highest BCUT2D eigenvalue weighted by Crippen LogP contribution is 2.13. The van der Waals surface area contributed by atoms with Crippen molar-refractivity contribution < 1.29 is 9.53 Å². The van der Waals surface area contributed by atoms with E-state index in [0.717, 1.165) is 4.91 Å². The van der Waals surface area contributed by atoms with Gasteiger partial charge in [-0.05, 0) is 31.4 Å². The maximum atomic E-state index is 10.7. The van der Waals surface area contributed by atoms with Crippen LogP contribution in [0.4, 0.5) is 0 Å². The molecule has 0 unspecified atom stereocenters. The first-order chi connectivity index (χ1) is 6.76. The molecule has 2 nitrogen and oxygen atoms in total. The molecular formula is C11H10O2S. The van der Waals surface area contributed by atoms with E-state index in [2.05, 4.69) is 11.8 Å². The number of hydrogen-bond donors (Lipinski definition) is 0. The van der Waals surface area contributed by atoms with Gasteiger partial charge in [-0.2, -0.15) is 0 Å². The standard InChI is InChI=1S/C11H10O2S/c1-3-4-10(14-2)7-5-9-6-8-11(12)13-9/h5-8H,1-2H3/b9-5+,10-7-. The molecule has 0 amide bonds. The van der Waals surface area contributed by atoms with E-state index in [1.807, 2.05) is 12.3 Å². The fourth-order valence-corrected chi connectivity index (χ4v) is 1.27. The number of ether oxygens (including phenoxy) is 1. The number of esters is 1. The summed E-state index contributed by atoms with van der Waals surface area (Å²) in [6.45, 7) is 1.78. The molecule has 0 aromatic heterocycles. The summed E-state index contributed by atoms with van der Waals surface area (Å²) in [5, 5.41) is 0. The van der Waals surface area contributed by atoms with E-state index in [4.69, 9.17) is 4.74 Å². The molecule has 0 bridgehead atoms. The minimum absolute atomic E-state index is 0.322. The zero-order valence-electron chi connectivity index (χ0n) is 8.03. The van der Waals surface area contributed by atoms with Crippen LogP contribution in [0.1, 0.15) is 6.92 Å². The van der Waals surface area contributed by atoms with Gasteiger partial charge < -0.3 is 4.74 Å². The number of allylic oxidation sites excluding steroid dienone is 4. The van der Waals surface area contributed by atoms with Crippen molar-refractivity contribution in [3.8, 4) is 11.8 Å². The van der Waals surface area contributed by atoms with Gasteiger partial charge in [-0.1, -0.05) is 5.92 Å². The van der Waals surface area contributed by atoms with Crippen LogP contribution in [-0.2, 0) is 9.53 Å². The molecule has 0 aromatic rings. The molecule has 14 heavy (non-hydrogen) atoms. The van der Waals surface area contributed by atoms with Crippen LogP contribution in [0.5, 0.6) is 0 Å². The summed E-state index contributed by atoms with van der Waals surface area (Å²) in [5.41, 5.74) is 0. The van der Waals surface area contributed by atoms with Gasteiger partial charge in [0.15, 0.2) is 0 Å². The third-order valence-electron chi connectivity index (χ3n) is 1.47. The van der Waals surface area contributed by atoms with E-state index in [9.17, 15) is 4.79 Å². The first-order valence-electron chi connectivity index (χ1n) is 4.05. The van der Waals surface area contributed by atoms with Crippen LogP contribution in [0, 0.1) is 11.8 Å². The molecule has 0 radical (unpaired) electrons. The summed E-state index contributed by atoms with van der Waals surface area (Å²) in [7, 11) is 0. The Bertz CT molecular complexity index is 378. The maximum absolute atomic E-state index is 10.7. The van der Waals surface area contributed by atoms with Crippen molar-refractivity contribution in [2.75, 3.05) is 6.26 Å². The van der Waals surface area contributed by atoms with Crippen LogP contribution in [0.3, 0.4) is 0 Å². The molecule has 0 saturated carbocycles. The zero-order valence-corrected chi connectivity index (χ0v) is 8.85. The molecule has 0 atom stereocenters. The average Bonchev–Trinajstić information content (AvgIpc) is 2.59. The molecule has 72 valence electrons. The third kappa shape index (κ3) is 3.15. The molecular weight excluding hydrogens is 196 g/mol. The van der Waals surface area contributed by atoms with Crippen LogP contribution >= 0.6 is 11.8 Å². The van der Waals surface area contributed by atoms with Gasteiger partial charge in [0.1, 0.15) is 5.76 Å². The quantitative estimate of drug-likeness (QED) is 0.512. The molecule has 0 aliphatic carbocycles. The second kappa shape index (κ2) is 5.36. The van der Waals surface area contributed by atoms with Crippen LogP contribution in [0.2, 0.25) is 0 Å². The summed E-state index contributed by atoms with van der Waals surface area (Å²) in [4.78, 5) is 11.6. The summed E-state index contributed by atoms with van der Waals surface area (Å²) in [5.74, 6) is 5.97. The monoisotopic (exact) mass is 206 g/mol. The number of hydrogen-bond acceptors (Lipinski definition) is 3. The smallest absolute Gasteiger partial charge is 0.336 e. The van der Waals surface area contributed by atoms with Gasteiger partial charge in [0.2, 0.25) is 0 Å². The van der Waals surface area contributed by atoms with Crippen molar-refractivity contribution in [3.05, 3.63) is 35.0 Å². The fourth-order valence-electron chi connectivity index (χ4n) is 0.866. The lowest BCUT2D eigenvalue weighted by atomic mass is 10.4. The van der Waals surface area contributed by atoms with Gasteiger partial charge in [-0.3, -0.25) is 0 Å². The number of cyclic esters (lactones) is 1. The molecule has 1 rings (SSSR count). The van der Waals surface area contributed by atoms with Crippen LogP contribution < -0.4 is 0 Å². The lowest BCUT2D eigenvalue weighted by Crippen LogP contribution is -1.89. The Hall–Kier alpha value is -1.40. The van der Waals surface area contributed by atoms with Gasteiger partial charge in [-0.15, -0.1) is 17.7 Å². The topological polar surface area (TPSA) is 26.3 Å². The molecule has 0 saturated heterocycles.